The fraction of sp³-hybridized carbons (Fsp3) is 0.286. The number of ether oxygens (including phenoxy) is 1. The lowest BCUT2D eigenvalue weighted by Gasteiger charge is -2.19. The van der Waals surface area contributed by atoms with Crippen LogP contribution < -0.4 is 4.90 Å². The molecular weight excluding hydrogens is 465 g/mol. The highest BCUT2D eigenvalue weighted by molar-refractivity contribution is 9.10. The van der Waals surface area contributed by atoms with Crippen LogP contribution >= 0.6 is 27.5 Å². The van der Waals surface area contributed by atoms with Crippen LogP contribution in [0.4, 0.5) is 10.1 Å². The molecule has 1 aliphatic heterocycles. The summed E-state index contributed by atoms with van der Waals surface area (Å²) in [6.45, 7) is 0.178. The van der Waals surface area contributed by atoms with Crippen molar-refractivity contribution in [2.45, 2.75) is 18.9 Å². The van der Waals surface area contributed by atoms with Gasteiger partial charge in [-0.2, -0.15) is 0 Å². The molecule has 5 nitrogen and oxygen atoms in total. The van der Waals surface area contributed by atoms with Crippen molar-refractivity contribution in [1.29, 1.82) is 0 Å². The van der Waals surface area contributed by atoms with Crippen molar-refractivity contribution in [1.82, 2.24) is 0 Å². The van der Waals surface area contributed by atoms with Gasteiger partial charge in [-0.3, -0.25) is 14.4 Å². The van der Waals surface area contributed by atoms with Gasteiger partial charge in [0.15, 0.2) is 6.10 Å². The molecule has 29 heavy (non-hydrogen) atoms. The lowest BCUT2D eigenvalue weighted by atomic mass is 10.0. The van der Waals surface area contributed by atoms with Crippen LogP contribution in [0.15, 0.2) is 53.0 Å². The van der Waals surface area contributed by atoms with E-state index in [2.05, 4.69) is 15.9 Å². The van der Waals surface area contributed by atoms with Crippen molar-refractivity contribution in [3.8, 4) is 0 Å². The molecule has 0 bridgehead atoms. The van der Waals surface area contributed by atoms with Crippen LogP contribution in [0.5, 0.6) is 0 Å². The number of nitrogens with zero attached hydrogens (tertiary/aromatic N) is 1. The lowest BCUT2D eigenvalue weighted by Crippen LogP contribution is -2.32. The Balaban J connectivity index is 1.68. The topological polar surface area (TPSA) is 63.7 Å². The Morgan fingerprint density at radius 1 is 1.17 bits per heavy atom. The Kier molecular flexibility index (Phi) is 7.03. The summed E-state index contributed by atoms with van der Waals surface area (Å²) in [6, 6.07) is 12.2. The zero-order chi connectivity index (χ0) is 21.0. The third kappa shape index (κ3) is 5.22. The lowest BCUT2D eigenvalue weighted by molar-refractivity contribution is -0.151. The van der Waals surface area contributed by atoms with Gasteiger partial charge in [-0.05, 0) is 48.5 Å². The first kappa shape index (κ1) is 21.5. The van der Waals surface area contributed by atoms with Gasteiger partial charge >= 0.3 is 5.97 Å². The number of hydrogen-bond acceptors (Lipinski definition) is 4. The van der Waals surface area contributed by atoms with E-state index in [0.29, 0.717) is 5.69 Å². The number of halogens is 3. The average molecular weight is 483 g/mol. The van der Waals surface area contributed by atoms with Crippen LogP contribution in [0.3, 0.4) is 0 Å². The average Bonchev–Trinajstić information content (AvgIpc) is 3.10. The van der Waals surface area contributed by atoms with Crippen LogP contribution in [-0.4, -0.2) is 36.2 Å². The maximum absolute atomic E-state index is 13.1. The predicted molar refractivity (Wildman–Crippen MR) is 111 cm³/mol. The van der Waals surface area contributed by atoms with Gasteiger partial charge < -0.3 is 9.64 Å². The number of alkyl halides is 1. The van der Waals surface area contributed by atoms with Gasteiger partial charge in [0.2, 0.25) is 11.7 Å². The molecular formula is C21H18BrClFNO4. The second-order valence-corrected chi connectivity index (χ2v) is 7.95. The molecule has 8 heteroatoms. The number of Topliss-reactive ketones (excluding diaryl/α,β-unsaturated/α-hetero) is 1. The largest absolute Gasteiger partial charge is 0.454 e. The van der Waals surface area contributed by atoms with Gasteiger partial charge in [0.05, 0.1) is 5.92 Å². The van der Waals surface area contributed by atoms with Crippen molar-refractivity contribution >= 4 is 50.9 Å². The second kappa shape index (κ2) is 9.50. The van der Waals surface area contributed by atoms with E-state index in [4.69, 9.17) is 16.3 Å². The van der Waals surface area contributed by atoms with Crippen molar-refractivity contribution in [2.24, 2.45) is 5.92 Å². The van der Waals surface area contributed by atoms with E-state index in [9.17, 15) is 18.8 Å². The Bertz CT molecular complexity index is 904. The number of anilines is 1. The molecule has 1 aliphatic rings. The summed E-state index contributed by atoms with van der Waals surface area (Å²) in [5, 5.41) is 0. The van der Waals surface area contributed by atoms with E-state index in [-0.39, 0.29) is 36.7 Å². The Labute approximate surface area is 180 Å². The second-order valence-electron chi connectivity index (χ2n) is 6.66. The van der Waals surface area contributed by atoms with E-state index in [1.807, 2.05) is 12.1 Å². The van der Waals surface area contributed by atoms with Gasteiger partial charge in [0.25, 0.3) is 0 Å². The Morgan fingerprint density at radius 2 is 1.83 bits per heavy atom. The highest BCUT2D eigenvalue weighted by Gasteiger charge is 2.38. The van der Waals surface area contributed by atoms with Crippen LogP contribution in [0.2, 0.25) is 0 Å². The van der Waals surface area contributed by atoms with Gasteiger partial charge in [0.1, 0.15) is 5.82 Å². The number of rotatable bonds is 7. The first-order chi connectivity index (χ1) is 13.9. The molecule has 0 spiro atoms. The molecule has 1 heterocycles. The van der Waals surface area contributed by atoms with E-state index in [0.717, 1.165) is 4.47 Å². The van der Waals surface area contributed by atoms with E-state index >= 15 is 0 Å². The Hall–Kier alpha value is -2.25. The fourth-order valence-electron chi connectivity index (χ4n) is 3.12. The van der Waals surface area contributed by atoms with Crippen LogP contribution in [0, 0.1) is 11.7 Å². The fourth-order valence-corrected chi connectivity index (χ4v) is 3.58. The molecule has 0 aliphatic carbocycles. The number of ketones is 1. The summed E-state index contributed by atoms with van der Waals surface area (Å²) in [4.78, 5) is 39.2. The molecule has 2 aromatic rings. The molecule has 1 saturated heterocycles. The maximum atomic E-state index is 13.1. The minimum atomic E-state index is -1.08. The SMILES string of the molecule is O=C(O[C@H](CCCl)C(=O)c1ccc(F)cc1)[C@@H]1CC(=O)N(c2ccc(Br)cc2)C1. The number of carbonyl (C=O) groups excluding carboxylic acids is 3. The molecule has 152 valence electrons. The Morgan fingerprint density at radius 3 is 2.45 bits per heavy atom. The first-order valence-electron chi connectivity index (χ1n) is 9.01. The van der Waals surface area contributed by atoms with Crippen LogP contribution in [0.25, 0.3) is 0 Å². The third-order valence-electron chi connectivity index (χ3n) is 4.65. The number of amides is 1. The maximum Gasteiger partial charge on any atom is 0.312 e. The van der Waals surface area contributed by atoms with Crippen molar-refractivity contribution in [3.05, 3.63) is 64.4 Å². The molecule has 0 aromatic heterocycles. The number of carbonyl (C=O) groups is 3. The highest BCUT2D eigenvalue weighted by Crippen LogP contribution is 2.27. The minimum Gasteiger partial charge on any atom is -0.454 e. The summed E-state index contributed by atoms with van der Waals surface area (Å²) in [6.07, 6.45) is -0.948. The monoisotopic (exact) mass is 481 g/mol. The first-order valence-corrected chi connectivity index (χ1v) is 10.3. The zero-order valence-corrected chi connectivity index (χ0v) is 17.7. The molecule has 0 saturated carbocycles. The molecule has 1 amide bonds. The smallest absolute Gasteiger partial charge is 0.312 e. The number of hydrogen-bond donors (Lipinski definition) is 0. The molecule has 2 atom stereocenters. The van der Waals surface area contributed by atoms with Gasteiger partial charge in [-0.1, -0.05) is 15.9 Å². The number of benzene rings is 2. The molecule has 0 radical (unpaired) electrons. The summed E-state index contributed by atoms with van der Waals surface area (Å²) < 4.78 is 19.4. The van der Waals surface area contributed by atoms with Crippen LogP contribution in [0.1, 0.15) is 23.2 Å². The van der Waals surface area contributed by atoms with E-state index in [1.165, 1.54) is 29.2 Å². The third-order valence-corrected chi connectivity index (χ3v) is 5.39. The van der Waals surface area contributed by atoms with Gasteiger partial charge in [-0.15, -0.1) is 11.6 Å². The molecule has 0 unspecified atom stereocenters. The molecule has 3 rings (SSSR count). The van der Waals surface area contributed by atoms with Gasteiger partial charge in [0, 0.05) is 41.0 Å². The predicted octanol–water partition coefficient (Wildman–Crippen LogP) is 4.36. The normalized spacial score (nSPS) is 17.3. The summed E-state index contributed by atoms with van der Waals surface area (Å²) >= 11 is 9.11. The van der Waals surface area contributed by atoms with Crippen LogP contribution in [-0.2, 0) is 14.3 Å². The highest BCUT2D eigenvalue weighted by atomic mass is 79.9. The minimum absolute atomic E-state index is 0.00717. The zero-order valence-electron chi connectivity index (χ0n) is 15.3. The van der Waals surface area contributed by atoms with E-state index < -0.39 is 29.6 Å². The van der Waals surface area contributed by atoms with Crippen molar-refractivity contribution in [2.75, 3.05) is 17.3 Å². The summed E-state index contributed by atoms with van der Waals surface area (Å²) in [5.74, 6) is -2.29. The van der Waals surface area contributed by atoms with Crippen molar-refractivity contribution < 1.29 is 23.5 Å². The van der Waals surface area contributed by atoms with E-state index in [1.54, 1.807) is 12.1 Å². The van der Waals surface area contributed by atoms with Crippen molar-refractivity contribution in [3.63, 3.8) is 0 Å². The summed E-state index contributed by atoms with van der Waals surface area (Å²) in [5.41, 5.74) is 0.918. The summed E-state index contributed by atoms with van der Waals surface area (Å²) in [7, 11) is 0. The number of esters is 1. The molecule has 1 fully saturated rings. The quantitative estimate of drug-likeness (QED) is 0.334. The molecule has 2 aromatic carbocycles. The molecule has 0 N–H and O–H groups in total. The standard InChI is InChI=1S/C21H18BrClFNO4/c22-15-3-7-17(8-4-15)25-12-14(11-19(25)26)21(28)29-18(9-10-23)20(27)13-1-5-16(24)6-2-13/h1-8,14,18H,9-12H2/t14-,18-/m1/s1. The van der Waals surface area contributed by atoms with Gasteiger partial charge in [-0.25, -0.2) is 4.39 Å².